The average molecular weight is 366 g/mol. The van der Waals surface area contributed by atoms with E-state index in [4.69, 9.17) is 10.5 Å². The molecule has 132 valence electrons. The van der Waals surface area contributed by atoms with Crippen molar-refractivity contribution in [3.8, 4) is 5.75 Å². The number of carbonyl (C=O) groups excluding carboxylic acids is 1. The van der Waals surface area contributed by atoms with Crippen molar-refractivity contribution in [2.24, 2.45) is 10.7 Å². The minimum Gasteiger partial charge on any atom is -0.497 e. The second-order valence-corrected chi connectivity index (χ2v) is 6.32. The molecule has 6 nitrogen and oxygen atoms in total. The van der Waals surface area contributed by atoms with E-state index in [1.807, 2.05) is 18.2 Å². The van der Waals surface area contributed by atoms with Gasteiger partial charge in [-0.25, -0.2) is 0 Å². The normalized spacial score (nSPS) is 11.0. The second-order valence-electron chi connectivity index (χ2n) is 5.44. The topological polar surface area (TPSA) is 89.6 Å². The molecule has 1 aromatic carbocycles. The molecule has 0 spiro atoms. The number of carbonyl (C=O) groups is 1. The first-order valence-corrected chi connectivity index (χ1v) is 8.72. The summed E-state index contributed by atoms with van der Waals surface area (Å²) in [5, 5.41) is 5.50. The van der Waals surface area contributed by atoms with E-state index >= 15 is 0 Å². The molecule has 0 radical (unpaired) electrons. The van der Waals surface area contributed by atoms with E-state index in [1.54, 1.807) is 37.9 Å². The maximum Gasteiger partial charge on any atom is 0.258 e. The molecule has 0 atom stereocenters. The molecule has 26 heavy (non-hydrogen) atoms. The number of hydrogen-bond acceptors (Lipinski definition) is 6. The fourth-order valence-electron chi connectivity index (χ4n) is 2.57. The Morgan fingerprint density at radius 3 is 2.96 bits per heavy atom. The van der Waals surface area contributed by atoms with Crippen molar-refractivity contribution >= 4 is 51.4 Å². The van der Waals surface area contributed by atoms with E-state index in [0.717, 1.165) is 5.39 Å². The zero-order chi connectivity index (χ0) is 18.7. The highest BCUT2D eigenvalue weighted by atomic mass is 32.1. The van der Waals surface area contributed by atoms with Crippen LogP contribution in [-0.2, 0) is 0 Å². The fourth-order valence-corrected chi connectivity index (χ4v) is 3.45. The number of fused-ring (bicyclic) bond motifs is 1. The molecule has 0 fully saturated rings. The van der Waals surface area contributed by atoms with Crippen LogP contribution in [0.5, 0.6) is 5.75 Å². The van der Waals surface area contributed by atoms with Crippen LogP contribution in [0.4, 0.5) is 11.4 Å². The third-order valence-corrected chi connectivity index (χ3v) is 4.77. The van der Waals surface area contributed by atoms with Gasteiger partial charge < -0.3 is 15.8 Å². The van der Waals surface area contributed by atoms with Crippen molar-refractivity contribution in [3.05, 3.63) is 52.9 Å². The van der Waals surface area contributed by atoms with Gasteiger partial charge in [0, 0.05) is 34.9 Å². The predicted octanol–water partition coefficient (Wildman–Crippen LogP) is 4.21. The number of rotatable bonds is 5. The number of nitrogens with one attached hydrogen (secondary N) is 1. The Hall–Kier alpha value is -3.19. The Labute approximate surface area is 155 Å². The summed E-state index contributed by atoms with van der Waals surface area (Å²) in [6.07, 6.45) is 3.30. The van der Waals surface area contributed by atoms with E-state index < -0.39 is 0 Å². The molecule has 3 aromatic rings. The number of anilines is 1. The van der Waals surface area contributed by atoms with Gasteiger partial charge in [0.15, 0.2) is 0 Å². The Kier molecular flexibility index (Phi) is 4.99. The van der Waals surface area contributed by atoms with Crippen molar-refractivity contribution < 1.29 is 9.53 Å². The number of ether oxygens (including phenoxy) is 1. The number of thiophene rings is 1. The third kappa shape index (κ3) is 3.29. The molecule has 0 aliphatic heterocycles. The Morgan fingerprint density at radius 2 is 2.27 bits per heavy atom. The van der Waals surface area contributed by atoms with Gasteiger partial charge >= 0.3 is 0 Å². The van der Waals surface area contributed by atoms with Crippen LogP contribution >= 0.6 is 11.3 Å². The summed E-state index contributed by atoms with van der Waals surface area (Å²) in [5.74, 6) is 0.337. The number of amides is 1. The number of benzene rings is 1. The molecule has 0 aliphatic carbocycles. The lowest BCUT2D eigenvalue weighted by Crippen LogP contribution is -2.12. The minimum absolute atomic E-state index is 0.297. The SMILES string of the molecule is C=C(N)c1scc(C(=O)Nc2cc(OC)cc3cccnc23)c1N=CC. The zero-order valence-electron chi connectivity index (χ0n) is 14.4. The average Bonchev–Trinajstić information content (AvgIpc) is 3.06. The predicted molar refractivity (Wildman–Crippen MR) is 108 cm³/mol. The van der Waals surface area contributed by atoms with E-state index in [9.17, 15) is 4.79 Å². The molecule has 2 aromatic heterocycles. The summed E-state index contributed by atoms with van der Waals surface area (Å²) >= 11 is 1.33. The number of hydrogen-bond donors (Lipinski definition) is 2. The summed E-state index contributed by atoms with van der Waals surface area (Å²) in [5.41, 5.74) is 8.38. The van der Waals surface area contributed by atoms with Gasteiger partial charge in [0.05, 0.1) is 34.4 Å². The van der Waals surface area contributed by atoms with Gasteiger partial charge in [-0.3, -0.25) is 14.8 Å². The first kappa shape index (κ1) is 17.6. The lowest BCUT2D eigenvalue weighted by molar-refractivity contribution is 0.102. The fraction of sp³-hybridized carbons (Fsp3) is 0.105. The highest BCUT2D eigenvalue weighted by Gasteiger charge is 2.19. The van der Waals surface area contributed by atoms with E-state index in [0.29, 0.717) is 38.8 Å². The van der Waals surface area contributed by atoms with Gasteiger partial charge in [0.25, 0.3) is 5.91 Å². The van der Waals surface area contributed by atoms with Gasteiger partial charge in [0.1, 0.15) is 5.75 Å². The summed E-state index contributed by atoms with van der Waals surface area (Å²) in [4.78, 5) is 22.2. The van der Waals surface area contributed by atoms with Crippen LogP contribution in [0.3, 0.4) is 0 Å². The molecular formula is C19H18N4O2S. The molecule has 0 saturated heterocycles. The van der Waals surface area contributed by atoms with Crippen LogP contribution in [0, 0.1) is 0 Å². The quantitative estimate of drug-likeness (QED) is 0.662. The van der Waals surface area contributed by atoms with E-state index in [2.05, 4.69) is 21.9 Å². The van der Waals surface area contributed by atoms with Crippen molar-refractivity contribution in [1.29, 1.82) is 0 Å². The monoisotopic (exact) mass is 366 g/mol. The van der Waals surface area contributed by atoms with Gasteiger partial charge in [-0.15, -0.1) is 11.3 Å². The van der Waals surface area contributed by atoms with Gasteiger partial charge in [-0.05, 0) is 19.1 Å². The smallest absolute Gasteiger partial charge is 0.258 e. The Morgan fingerprint density at radius 1 is 1.46 bits per heavy atom. The number of aromatic nitrogens is 1. The van der Waals surface area contributed by atoms with Crippen LogP contribution < -0.4 is 15.8 Å². The lowest BCUT2D eigenvalue weighted by atomic mass is 10.1. The summed E-state index contributed by atoms with van der Waals surface area (Å²) in [6.45, 7) is 5.52. The van der Waals surface area contributed by atoms with Gasteiger partial charge in [-0.2, -0.15) is 0 Å². The molecule has 0 aliphatic rings. The van der Waals surface area contributed by atoms with Crippen molar-refractivity contribution in [2.45, 2.75) is 6.92 Å². The highest BCUT2D eigenvalue weighted by Crippen LogP contribution is 2.35. The second kappa shape index (κ2) is 7.37. The molecule has 1 amide bonds. The molecule has 7 heteroatoms. The lowest BCUT2D eigenvalue weighted by Gasteiger charge is -2.10. The molecule has 0 saturated carbocycles. The van der Waals surface area contributed by atoms with Crippen molar-refractivity contribution in [2.75, 3.05) is 12.4 Å². The molecule has 3 rings (SSSR count). The number of methoxy groups -OCH3 is 1. The molecule has 3 N–H and O–H groups in total. The molecule has 0 bridgehead atoms. The molecule has 2 heterocycles. The first-order valence-electron chi connectivity index (χ1n) is 7.84. The first-order chi connectivity index (χ1) is 12.5. The number of pyridine rings is 1. The van der Waals surface area contributed by atoms with Crippen LogP contribution in [0.15, 0.2) is 47.4 Å². The summed E-state index contributed by atoms with van der Waals surface area (Å²) < 4.78 is 5.32. The molecular weight excluding hydrogens is 348 g/mol. The number of nitrogens with zero attached hydrogens (tertiary/aromatic N) is 2. The van der Waals surface area contributed by atoms with Crippen molar-refractivity contribution in [3.63, 3.8) is 0 Å². The van der Waals surface area contributed by atoms with E-state index in [1.165, 1.54) is 11.3 Å². The van der Waals surface area contributed by atoms with Gasteiger partial charge in [-0.1, -0.05) is 12.6 Å². The van der Waals surface area contributed by atoms with Crippen LogP contribution in [0.1, 0.15) is 22.2 Å². The Balaban J connectivity index is 2.04. The largest absolute Gasteiger partial charge is 0.497 e. The minimum atomic E-state index is -0.297. The standard InChI is InChI=1S/C19H18N4O2S/c1-4-21-17-14(10-26-18(17)11(2)20)19(24)23-15-9-13(25-3)8-12-6-5-7-22-16(12)15/h4-10H,2,20H2,1,3H3,(H,23,24). The third-order valence-electron chi connectivity index (χ3n) is 3.72. The summed E-state index contributed by atoms with van der Waals surface area (Å²) in [6, 6.07) is 7.35. The van der Waals surface area contributed by atoms with E-state index in [-0.39, 0.29) is 5.91 Å². The van der Waals surface area contributed by atoms with Crippen molar-refractivity contribution in [1.82, 2.24) is 4.98 Å². The highest BCUT2D eigenvalue weighted by molar-refractivity contribution is 7.12. The summed E-state index contributed by atoms with van der Waals surface area (Å²) in [7, 11) is 1.58. The number of aliphatic imine (C=N–C) groups is 1. The Bertz CT molecular complexity index is 1020. The zero-order valence-corrected chi connectivity index (χ0v) is 15.3. The van der Waals surface area contributed by atoms with Gasteiger partial charge in [0.2, 0.25) is 0 Å². The maximum atomic E-state index is 12.9. The maximum absolute atomic E-state index is 12.9. The number of nitrogens with two attached hydrogens (primary N) is 1. The molecule has 0 unspecified atom stereocenters. The van der Waals surface area contributed by atoms with Crippen LogP contribution in [-0.4, -0.2) is 24.2 Å². The van der Waals surface area contributed by atoms with Crippen LogP contribution in [0.25, 0.3) is 16.6 Å². The van der Waals surface area contributed by atoms with Crippen LogP contribution in [0.2, 0.25) is 0 Å².